The Kier molecular flexibility index (Phi) is 3.16. The minimum Gasteiger partial charge on any atom is -0.493 e. The number of rotatable bonds is 2. The number of fused-ring (bicyclic) bond motifs is 4. The van der Waals surface area contributed by atoms with Gasteiger partial charge in [0.1, 0.15) is 5.92 Å². The number of carbonyl (C=O) groups is 1. The molecule has 0 aliphatic carbocycles. The van der Waals surface area contributed by atoms with Crippen molar-refractivity contribution in [1.29, 1.82) is 0 Å². The van der Waals surface area contributed by atoms with E-state index < -0.39 is 11.6 Å². The second kappa shape index (κ2) is 4.77. The number of hydrogen-bond acceptors (Lipinski definition) is 5. The van der Waals surface area contributed by atoms with E-state index in [2.05, 4.69) is 10.6 Å². The minimum absolute atomic E-state index is 0.324. The Morgan fingerprint density at radius 3 is 2.86 bits per heavy atom. The van der Waals surface area contributed by atoms with E-state index in [1.807, 2.05) is 18.2 Å². The third kappa shape index (κ3) is 1.99. The number of ether oxygens (including phenoxy) is 3. The molecule has 1 aromatic carbocycles. The molecule has 2 aliphatic heterocycles. The second-order valence-corrected chi connectivity index (χ2v) is 5.57. The van der Waals surface area contributed by atoms with Crippen molar-refractivity contribution in [1.82, 2.24) is 10.6 Å². The average Bonchev–Trinajstić information content (AvgIpc) is 2.44. The lowest BCUT2D eigenvalue weighted by Crippen LogP contribution is -2.70. The van der Waals surface area contributed by atoms with E-state index in [0.717, 1.165) is 5.56 Å². The SMILES string of the molecule is COC(=O)[C@H]1[C@@H]2NC(=S)N[C@]1(C)Oc1c(OC)cccc12. The maximum Gasteiger partial charge on any atom is 0.317 e. The average molecular weight is 308 g/mol. The van der Waals surface area contributed by atoms with Crippen LogP contribution in [0.15, 0.2) is 18.2 Å². The lowest BCUT2D eigenvalue weighted by Gasteiger charge is -2.50. The zero-order valence-electron chi connectivity index (χ0n) is 11.9. The molecule has 2 bridgehead atoms. The van der Waals surface area contributed by atoms with Crippen molar-refractivity contribution in [2.75, 3.05) is 14.2 Å². The number of methoxy groups -OCH3 is 2. The quantitative estimate of drug-likeness (QED) is 0.626. The van der Waals surface area contributed by atoms with Gasteiger partial charge in [-0.2, -0.15) is 0 Å². The molecule has 0 amide bonds. The monoisotopic (exact) mass is 308 g/mol. The van der Waals surface area contributed by atoms with Crippen LogP contribution in [0, 0.1) is 5.92 Å². The Hall–Kier alpha value is -2.02. The van der Waals surface area contributed by atoms with Crippen molar-refractivity contribution < 1.29 is 19.0 Å². The summed E-state index contributed by atoms with van der Waals surface area (Å²) in [7, 11) is 2.94. The van der Waals surface area contributed by atoms with Gasteiger partial charge in [-0.3, -0.25) is 4.79 Å². The third-order valence-corrected chi connectivity index (χ3v) is 4.13. The van der Waals surface area contributed by atoms with E-state index in [4.69, 9.17) is 26.4 Å². The number of carbonyl (C=O) groups excluding carboxylic acids is 1. The van der Waals surface area contributed by atoms with E-state index in [-0.39, 0.29) is 12.0 Å². The fourth-order valence-corrected chi connectivity index (χ4v) is 3.31. The highest BCUT2D eigenvalue weighted by Gasteiger charge is 2.56. The van der Waals surface area contributed by atoms with Crippen LogP contribution in [0.2, 0.25) is 0 Å². The van der Waals surface area contributed by atoms with Crippen molar-refractivity contribution in [3.63, 3.8) is 0 Å². The van der Waals surface area contributed by atoms with Gasteiger partial charge in [0.2, 0.25) is 0 Å². The predicted molar refractivity (Wildman–Crippen MR) is 79.1 cm³/mol. The van der Waals surface area contributed by atoms with Gasteiger partial charge >= 0.3 is 5.97 Å². The highest BCUT2D eigenvalue weighted by atomic mass is 32.1. The summed E-state index contributed by atoms with van der Waals surface area (Å²) in [6.07, 6.45) is 0. The van der Waals surface area contributed by atoms with Crippen LogP contribution in [-0.2, 0) is 9.53 Å². The second-order valence-electron chi connectivity index (χ2n) is 5.16. The molecule has 3 atom stereocenters. The van der Waals surface area contributed by atoms with Crippen molar-refractivity contribution >= 4 is 23.3 Å². The number of benzene rings is 1. The predicted octanol–water partition coefficient (Wildman–Crippen LogP) is 1.11. The zero-order chi connectivity index (χ0) is 15.2. The third-order valence-electron chi connectivity index (χ3n) is 3.91. The highest BCUT2D eigenvalue weighted by molar-refractivity contribution is 7.80. The van der Waals surface area contributed by atoms with Crippen molar-refractivity contribution in [2.45, 2.75) is 18.7 Å². The maximum absolute atomic E-state index is 12.2. The molecule has 2 heterocycles. The minimum atomic E-state index is -0.984. The van der Waals surface area contributed by atoms with Gasteiger partial charge < -0.3 is 24.8 Å². The molecule has 7 heteroatoms. The Morgan fingerprint density at radius 2 is 2.19 bits per heavy atom. The van der Waals surface area contributed by atoms with Crippen LogP contribution in [0.3, 0.4) is 0 Å². The fraction of sp³-hybridized carbons (Fsp3) is 0.429. The van der Waals surface area contributed by atoms with Crippen LogP contribution >= 0.6 is 12.2 Å². The van der Waals surface area contributed by atoms with Crippen LogP contribution in [0.25, 0.3) is 0 Å². The summed E-state index contributed by atoms with van der Waals surface area (Å²) in [5, 5.41) is 6.59. The summed E-state index contributed by atoms with van der Waals surface area (Å²) < 4.78 is 16.3. The molecular weight excluding hydrogens is 292 g/mol. The lowest BCUT2D eigenvalue weighted by molar-refractivity contribution is -0.159. The Morgan fingerprint density at radius 1 is 1.43 bits per heavy atom. The molecule has 0 aromatic heterocycles. The first-order valence-corrected chi connectivity index (χ1v) is 6.93. The summed E-state index contributed by atoms with van der Waals surface area (Å²) in [4.78, 5) is 12.2. The van der Waals surface area contributed by atoms with Crippen LogP contribution < -0.4 is 20.1 Å². The molecule has 3 rings (SSSR count). The number of hydrogen-bond donors (Lipinski definition) is 2. The van der Waals surface area contributed by atoms with Gasteiger partial charge in [-0.05, 0) is 25.2 Å². The Labute approximate surface area is 127 Å². The standard InChI is InChI=1S/C14H16N2O4S/c1-14-9(12(17)19-3)10(15-13(21)16-14)7-5-4-6-8(18-2)11(7)20-14/h4-6,9-10H,1-3H3,(H2,15,16,21)/t9-,10-,14-/m1/s1. The summed E-state index contributed by atoms with van der Waals surface area (Å²) in [6, 6.07) is 5.23. The Balaban J connectivity index is 2.17. The van der Waals surface area contributed by atoms with Crippen molar-refractivity contribution in [3.8, 4) is 11.5 Å². The number of para-hydroxylation sites is 1. The molecule has 2 N–H and O–H groups in total. The molecule has 0 unspecified atom stereocenters. The van der Waals surface area contributed by atoms with Gasteiger partial charge in [-0.1, -0.05) is 12.1 Å². The van der Waals surface area contributed by atoms with E-state index in [1.165, 1.54) is 7.11 Å². The highest BCUT2D eigenvalue weighted by Crippen LogP contribution is 2.48. The first-order chi connectivity index (χ1) is 10.00. The fourth-order valence-electron chi connectivity index (χ4n) is 2.98. The van der Waals surface area contributed by atoms with E-state index in [1.54, 1.807) is 14.0 Å². The number of esters is 1. The van der Waals surface area contributed by atoms with Gasteiger partial charge in [0.15, 0.2) is 22.3 Å². The normalized spacial score (nSPS) is 29.4. The topological polar surface area (TPSA) is 68.8 Å². The first-order valence-electron chi connectivity index (χ1n) is 6.52. The van der Waals surface area contributed by atoms with Gasteiger partial charge in [-0.25, -0.2) is 0 Å². The molecule has 1 aromatic rings. The van der Waals surface area contributed by atoms with E-state index in [9.17, 15) is 4.79 Å². The summed E-state index contributed by atoms with van der Waals surface area (Å²) >= 11 is 5.21. The number of nitrogens with one attached hydrogen (secondary N) is 2. The van der Waals surface area contributed by atoms with Crippen molar-refractivity contribution in [2.24, 2.45) is 5.92 Å². The van der Waals surface area contributed by atoms with Crippen LogP contribution in [0.1, 0.15) is 18.5 Å². The largest absolute Gasteiger partial charge is 0.493 e. The van der Waals surface area contributed by atoms with Crippen LogP contribution in [0.4, 0.5) is 0 Å². The molecule has 21 heavy (non-hydrogen) atoms. The molecule has 1 saturated heterocycles. The summed E-state index contributed by atoms with van der Waals surface area (Å²) in [5.74, 6) is 0.297. The summed E-state index contributed by atoms with van der Waals surface area (Å²) in [6.45, 7) is 1.78. The molecule has 0 spiro atoms. The van der Waals surface area contributed by atoms with E-state index in [0.29, 0.717) is 16.6 Å². The molecule has 1 fully saturated rings. The summed E-state index contributed by atoms with van der Waals surface area (Å²) in [5.41, 5.74) is -0.159. The molecule has 6 nitrogen and oxygen atoms in total. The Bertz CT molecular complexity index is 621. The van der Waals surface area contributed by atoms with Gasteiger partial charge in [0, 0.05) is 5.56 Å². The van der Waals surface area contributed by atoms with Crippen LogP contribution in [-0.4, -0.2) is 31.0 Å². The molecule has 0 radical (unpaired) electrons. The van der Waals surface area contributed by atoms with E-state index >= 15 is 0 Å². The number of thiocarbonyl (C=S) groups is 1. The smallest absolute Gasteiger partial charge is 0.317 e. The molecule has 2 aliphatic rings. The zero-order valence-corrected chi connectivity index (χ0v) is 12.7. The lowest BCUT2D eigenvalue weighted by atomic mass is 9.80. The van der Waals surface area contributed by atoms with Crippen LogP contribution in [0.5, 0.6) is 11.5 Å². The molecule has 0 saturated carbocycles. The molecule has 112 valence electrons. The molecular formula is C14H16N2O4S. The van der Waals surface area contributed by atoms with Crippen molar-refractivity contribution in [3.05, 3.63) is 23.8 Å². The first kappa shape index (κ1) is 13.9. The van der Waals surface area contributed by atoms with Gasteiger partial charge in [0.05, 0.1) is 20.3 Å². The van der Waals surface area contributed by atoms with Gasteiger partial charge in [-0.15, -0.1) is 0 Å². The van der Waals surface area contributed by atoms with Gasteiger partial charge in [0.25, 0.3) is 0 Å². The maximum atomic E-state index is 12.2.